The van der Waals surface area contributed by atoms with E-state index in [1.807, 2.05) is 30.3 Å². The second-order valence-corrected chi connectivity index (χ2v) is 3.14. The maximum atomic E-state index is 10.8. The Kier molecular flexibility index (Phi) is 4.96. The lowest BCUT2D eigenvalue weighted by Crippen LogP contribution is -2.05. The van der Waals surface area contributed by atoms with Crippen molar-refractivity contribution in [3.05, 3.63) is 35.9 Å². The smallest absolute Gasteiger partial charge is 0.320 e. The molecule has 3 heteroatoms. The Balaban J connectivity index is 2.13. The molecule has 3 nitrogen and oxygen atoms in total. The molecule has 15 heavy (non-hydrogen) atoms. The zero-order chi connectivity index (χ0) is 10.9. The number of aryl methyl sites for hydroxylation is 1. The molecule has 0 aliphatic heterocycles. The third kappa shape index (κ3) is 4.82. The number of benzene rings is 1. The zero-order valence-corrected chi connectivity index (χ0v) is 8.48. The van der Waals surface area contributed by atoms with Crippen molar-refractivity contribution in [2.45, 2.75) is 19.3 Å². The molecule has 1 aromatic carbocycles. The molecular weight excluding hydrogens is 190 g/mol. The number of nitriles is 1. The Labute approximate surface area is 89.3 Å². The number of rotatable bonds is 5. The van der Waals surface area contributed by atoms with Crippen molar-refractivity contribution in [3.8, 4) is 6.07 Å². The van der Waals surface area contributed by atoms with Gasteiger partial charge < -0.3 is 4.74 Å². The third-order valence-electron chi connectivity index (χ3n) is 1.94. The summed E-state index contributed by atoms with van der Waals surface area (Å²) in [4.78, 5) is 10.8. The number of esters is 1. The maximum absolute atomic E-state index is 10.8. The summed E-state index contributed by atoms with van der Waals surface area (Å²) in [6, 6.07) is 11.8. The van der Waals surface area contributed by atoms with E-state index in [2.05, 4.69) is 0 Å². The first-order valence-electron chi connectivity index (χ1n) is 4.89. The van der Waals surface area contributed by atoms with Gasteiger partial charge in [-0.05, 0) is 18.4 Å². The first-order valence-corrected chi connectivity index (χ1v) is 4.89. The largest absolute Gasteiger partial charge is 0.465 e. The molecule has 0 aromatic heterocycles. The summed E-state index contributed by atoms with van der Waals surface area (Å²) >= 11 is 0. The van der Waals surface area contributed by atoms with E-state index in [-0.39, 0.29) is 6.42 Å². The molecule has 0 saturated heterocycles. The Morgan fingerprint density at radius 3 is 2.73 bits per heavy atom. The second kappa shape index (κ2) is 6.61. The van der Waals surface area contributed by atoms with E-state index in [0.717, 1.165) is 12.8 Å². The van der Waals surface area contributed by atoms with Gasteiger partial charge in [-0.15, -0.1) is 0 Å². The van der Waals surface area contributed by atoms with Gasteiger partial charge in [0.25, 0.3) is 0 Å². The predicted octanol–water partition coefficient (Wildman–Crippen LogP) is 2.08. The van der Waals surface area contributed by atoms with Gasteiger partial charge in [0.1, 0.15) is 6.42 Å². The van der Waals surface area contributed by atoms with E-state index >= 15 is 0 Å². The summed E-state index contributed by atoms with van der Waals surface area (Å²) < 4.78 is 4.84. The molecule has 0 amide bonds. The Hall–Kier alpha value is -1.82. The fraction of sp³-hybridized carbons (Fsp3) is 0.333. The lowest BCUT2D eigenvalue weighted by atomic mass is 10.1. The Morgan fingerprint density at radius 2 is 2.07 bits per heavy atom. The van der Waals surface area contributed by atoms with Gasteiger partial charge in [0.05, 0.1) is 12.7 Å². The monoisotopic (exact) mass is 203 g/mol. The molecule has 1 aromatic rings. The highest BCUT2D eigenvalue weighted by Crippen LogP contribution is 2.02. The highest BCUT2D eigenvalue weighted by Gasteiger charge is 2.00. The standard InChI is InChI=1S/C12H13NO2/c13-9-8-12(14)15-10-4-7-11-5-2-1-3-6-11/h1-3,5-6H,4,7-8,10H2. The minimum atomic E-state index is -0.439. The number of ether oxygens (including phenoxy) is 1. The quantitative estimate of drug-likeness (QED) is 0.543. The Bertz CT molecular complexity index is 340. The van der Waals surface area contributed by atoms with Crippen LogP contribution in [0.4, 0.5) is 0 Å². The molecule has 0 spiro atoms. The van der Waals surface area contributed by atoms with Crippen LogP contribution in [0.1, 0.15) is 18.4 Å². The lowest BCUT2D eigenvalue weighted by Gasteiger charge is -2.02. The molecule has 0 atom stereocenters. The summed E-state index contributed by atoms with van der Waals surface area (Å²) in [6.45, 7) is 0.384. The molecule has 0 bridgehead atoms. The number of hydrogen-bond acceptors (Lipinski definition) is 3. The normalized spacial score (nSPS) is 9.27. The molecule has 0 aliphatic carbocycles. The van der Waals surface area contributed by atoms with Crippen LogP contribution < -0.4 is 0 Å². The van der Waals surface area contributed by atoms with Gasteiger partial charge in [0, 0.05) is 0 Å². The van der Waals surface area contributed by atoms with Crippen molar-refractivity contribution in [3.63, 3.8) is 0 Å². The summed E-state index contributed by atoms with van der Waals surface area (Å²) in [5.41, 5.74) is 1.23. The zero-order valence-electron chi connectivity index (χ0n) is 8.48. The number of carbonyl (C=O) groups excluding carboxylic acids is 1. The van der Waals surface area contributed by atoms with E-state index in [1.165, 1.54) is 5.56 Å². The first-order chi connectivity index (χ1) is 7.33. The molecule has 0 radical (unpaired) electrons. The number of hydrogen-bond donors (Lipinski definition) is 0. The van der Waals surface area contributed by atoms with Gasteiger partial charge in [-0.2, -0.15) is 5.26 Å². The molecule has 0 aliphatic rings. The van der Waals surface area contributed by atoms with Crippen LogP contribution in [-0.4, -0.2) is 12.6 Å². The predicted molar refractivity (Wildman–Crippen MR) is 56.0 cm³/mol. The van der Waals surface area contributed by atoms with E-state index in [0.29, 0.717) is 6.61 Å². The highest BCUT2D eigenvalue weighted by atomic mass is 16.5. The first kappa shape index (κ1) is 11.3. The van der Waals surface area contributed by atoms with Crippen LogP contribution in [0.25, 0.3) is 0 Å². The second-order valence-electron chi connectivity index (χ2n) is 3.14. The Morgan fingerprint density at radius 1 is 1.33 bits per heavy atom. The summed E-state index contributed by atoms with van der Waals surface area (Å²) in [6.07, 6.45) is 1.52. The van der Waals surface area contributed by atoms with Gasteiger partial charge in [-0.3, -0.25) is 4.79 Å². The average molecular weight is 203 g/mol. The molecule has 78 valence electrons. The summed E-state index contributed by atoms with van der Waals surface area (Å²) in [7, 11) is 0. The third-order valence-corrected chi connectivity index (χ3v) is 1.94. The van der Waals surface area contributed by atoms with Gasteiger partial charge >= 0.3 is 5.97 Å². The number of carbonyl (C=O) groups is 1. The minimum Gasteiger partial charge on any atom is -0.465 e. The van der Waals surface area contributed by atoms with E-state index in [4.69, 9.17) is 10.00 Å². The van der Waals surface area contributed by atoms with Crippen molar-refractivity contribution in [1.82, 2.24) is 0 Å². The molecule has 0 saturated carbocycles. The molecule has 0 heterocycles. The van der Waals surface area contributed by atoms with E-state index < -0.39 is 5.97 Å². The highest BCUT2D eigenvalue weighted by molar-refractivity contribution is 5.71. The van der Waals surface area contributed by atoms with E-state index in [9.17, 15) is 4.79 Å². The maximum Gasteiger partial charge on any atom is 0.320 e. The van der Waals surface area contributed by atoms with Crippen LogP contribution in [-0.2, 0) is 16.0 Å². The van der Waals surface area contributed by atoms with Crippen molar-refractivity contribution >= 4 is 5.97 Å². The topological polar surface area (TPSA) is 50.1 Å². The summed E-state index contributed by atoms with van der Waals surface area (Å²) in [5, 5.41) is 8.22. The van der Waals surface area contributed by atoms with Crippen LogP contribution in [0.2, 0.25) is 0 Å². The van der Waals surface area contributed by atoms with E-state index in [1.54, 1.807) is 6.07 Å². The van der Waals surface area contributed by atoms with Crippen molar-refractivity contribution < 1.29 is 9.53 Å². The van der Waals surface area contributed by atoms with Gasteiger partial charge in [-0.25, -0.2) is 0 Å². The van der Waals surface area contributed by atoms with Crippen LogP contribution >= 0.6 is 0 Å². The number of nitrogens with zero attached hydrogens (tertiary/aromatic N) is 1. The van der Waals surface area contributed by atoms with Crippen LogP contribution in [0.15, 0.2) is 30.3 Å². The molecule has 1 rings (SSSR count). The lowest BCUT2D eigenvalue weighted by molar-refractivity contribution is -0.142. The van der Waals surface area contributed by atoms with Crippen molar-refractivity contribution in [2.75, 3.05) is 6.61 Å². The minimum absolute atomic E-state index is 0.161. The fourth-order valence-corrected chi connectivity index (χ4v) is 1.22. The van der Waals surface area contributed by atoms with Crippen LogP contribution in [0.3, 0.4) is 0 Å². The van der Waals surface area contributed by atoms with Crippen LogP contribution in [0.5, 0.6) is 0 Å². The van der Waals surface area contributed by atoms with Gasteiger partial charge in [0.15, 0.2) is 0 Å². The molecule has 0 N–H and O–H groups in total. The molecular formula is C12H13NO2. The van der Waals surface area contributed by atoms with Crippen LogP contribution in [0, 0.1) is 11.3 Å². The molecule has 0 fully saturated rings. The summed E-state index contributed by atoms with van der Waals surface area (Å²) in [5.74, 6) is -0.439. The fourth-order valence-electron chi connectivity index (χ4n) is 1.22. The van der Waals surface area contributed by atoms with Gasteiger partial charge in [0.2, 0.25) is 0 Å². The van der Waals surface area contributed by atoms with Gasteiger partial charge in [-0.1, -0.05) is 30.3 Å². The average Bonchev–Trinajstić information content (AvgIpc) is 2.26. The molecule has 0 unspecified atom stereocenters. The van der Waals surface area contributed by atoms with Crippen molar-refractivity contribution in [2.24, 2.45) is 0 Å². The SMILES string of the molecule is N#CCC(=O)OCCCc1ccccc1. The van der Waals surface area contributed by atoms with Crippen molar-refractivity contribution in [1.29, 1.82) is 5.26 Å².